The third kappa shape index (κ3) is 2.69. The van der Waals surface area contributed by atoms with E-state index in [-0.39, 0.29) is 11.3 Å². The first-order valence-corrected chi connectivity index (χ1v) is 6.71. The lowest BCUT2D eigenvalue weighted by atomic mass is 10.1. The van der Waals surface area contributed by atoms with Crippen LogP contribution in [0.3, 0.4) is 0 Å². The van der Waals surface area contributed by atoms with Crippen LogP contribution in [0.4, 0.5) is 0 Å². The summed E-state index contributed by atoms with van der Waals surface area (Å²) in [5, 5.41) is 10.7. The predicted molar refractivity (Wildman–Crippen MR) is 85.9 cm³/mol. The van der Waals surface area contributed by atoms with Crippen LogP contribution in [0.2, 0.25) is 0 Å². The Hall–Kier alpha value is -3.08. The van der Waals surface area contributed by atoms with Crippen molar-refractivity contribution in [3.8, 4) is 5.75 Å². The molecule has 1 aromatic heterocycles. The van der Waals surface area contributed by atoms with Crippen molar-refractivity contribution in [2.24, 2.45) is 0 Å². The van der Waals surface area contributed by atoms with Gasteiger partial charge in [0.25, 0.3) is 5.56 Å². The Bertz CT molecular complexity index is 896. The van der Waals surface area contributed by atoms with Gasteiger partial charge in [0.15, 0.2) is 0 Å². The third-order valence-electron chi connectivity index (χ3n) is 3.29. The van der Waals surface area contributed by atoms with Crippen molar-refractivity contribution in [1.82, 2.24) is 9.97 Å². The van der Waals surface area contributed by atoms with Gasteiger partial charge >= 0.3 is 0 Å². The van der Waals surface area contributed by atoms with Crippen molar-refractivity contribution >= 4 is 22.7 Å². The van der Waals surface area contributed by atoms with Crippen molar-refractivity contribution in [2.45, 2.75) is 0 Å². The number of aliphatic hydroxyl groups is 1. The van der Waals surface area contributed by atoms with Crippen molar-refractivity contribution in [2.75, 3.05) is 7.11 Å². The monoisotopic (exact) mass is 294 g/mol. The van der Waals surface area contributed by atoms with Gasteiger partial charge in [0, 0.05) is 11.6 Å². The summed E-state index contributed by atoms with van der Waals surface area (Å²) in [4.78, 5) is 18.9. The van der Waals surface area contributed by atoms with Gasteiger partial charge in [-0.15, -0.1) is 0 Å². The zero-order valence-corrected chi connectivity index (χ0v) is 11.9. The molecule has 0 bridgehead atoms. The number of rotatable bonds is 3. The maximum atomic E-state index is 12.0. The highest BCUT2D eigenvalue weighted by molar-refractivity contribution is 5.80. The Balaban J connectivity index is 2.01. The van der Waals surface area contributed by atoms with Gasteiger partial charge in [0.2, 0.25) is 0 Å². The van der Waals surface area contributed by atoms with E-state index in [9.17, 15) is 9.90 Å². The van der Waals surface area contributed by atoms with Gasteiger partial charge in [0.05, 0.1) is 18.0 Å². The van der Waals surface area contributed by atoms with E-state index in [2.05, 4.69) is 9.97 Å². The number of benzene rings is 2. The number of para-hydroxylation sites is 1. The van der Waals surface area contributed by atoms with Gasteiger partial charge in [-0.3, -0.25) is 4.79 Å². The molecule has 0 aliphatic carbocycles. The van der Waals surface area contributed by atoms with Crippen LogP contribution >= 0.6 is 0 Å². The Labute approximate surface area is 126 Å². The van der Waals surface area contributed by atoms with Crippen molar-refractivity contribution < 1.29 is 9.84 Å². The number of nitrogens with one attached hydrogen (secondary N) is 1. The number of fused-ring (bicyclic) bond motifs is 1. The Kier molecular flexibility index (Phi) is 3.62. The minimum atomic E-state index is -0.237. The summed E-state index contributed by atoms with van der Waals surface area (Å²) in [5.74, 6) is 1.02. The largest absolute Gasteiger partial charge is 0.507 e. The first-order chi connectivity index (χ1) is 10.7. The molecule has 0 radical (unpaired) electrons. The molecular weight excluding hydrogens is 280 g/mol. The van der Waals surface area contributed by atoms with E-state index in [0.29, 0.717) is 28.0 Å². The number of hydrogen-bond acceptors (Lipinski definition) is 4. The molecule has 2 N–H and O–H groups in total. The smallest absolute Gasteiger partial charge is 0.259 e. The summed E-state index contributed by atoms with van der Waals surface area (Å²) in [6.07, 6.45) is 1.43. The number of aliphatic hydroxyl groups excluding tert-OH is 1. The number of hydrogen-bond donors (Lipinski definition) is 2. The van der Waals surface area contributed by atoms with E-state index in [1.54, 1.807) is 49.6 Å². The van der Waals surface area contributed by atoms with Gasteiger partial charge < -0.3 is 14.8 Å². The highest BCUT2D eigenvalue weighted by atomic mass is 16.5. The molecule has 0 saturated carbocycles. The Morgan fingerprint density at radius 2 is 1.91 bits per heavy atom. The van der Waals surface area contributed by atoms with E-state index in [0.717, 1.165) is 0 Å². The van der Waals surface area contributed by atoms with E-state index < -0.39 is 0 Å². The number of ether oxygens (including phenoxy) is 1. The second-order valence-corrected chi connectivity index (χ2v) is 4.73. The summed E-state index contributed by atoms with van der Waals surface area (Å²) in [6, 6.07) is 14.0. The molecule has 3 aromatic rings. The SMILES string of the molecule is COc1ccc(C(O)=Cc2nc3ccccc3c(=O)[nH]2)cc1. The first kappa shape index (κ1) is 13.9. The van der Waals surface area contributed by atoms with Crippen LogP contribution in [0.25, 0.3) is 22.7 Å². The van der Waals surface area contributed by atoms with Crippen LogP contribution in [0.5, 0.6) is 5.75 Å². The molecule has 110 valence electrons. The summed E-state index contributed by atoms with van der Waals surface area (Å²) in [5.41, 5.74) is 0.955. The molecular formula is C17H14N2O3. The molecule has 0 unspecified atom stereocenters. The maximum Gasteiger partial charge on any atom is 0.259 e. The minimum absolute atomic E-state index is 0.0149. The van der Waals surface area contributed by atoms with Crippen LogP contribution < -0.4 is 10.3 Å². The zero-order valence-electron chi connectivity index (χ0n) is 11.9. The molecule has 3 rings (SSSR count). The lowest BCUT2D eigenvalue weighted by Crippen LogP contribution is -2.09. The molecule has 0 aliphatic heterocycles. The number of aromatic amines is 1. The zero-order chi connectivity index (χ0) is 15.5. The number of nitrogens with zero attached hydrogens (tertiary/aromatic N) is 1. The second kappa shape index (κ2) is 5.73. The molecule has 5 nitrogen and oxygen atoms in total. The molecule has 5 heteroatoms. The lowest BCUT2D eigenvalue weighted by molar-refractivity contribution is 0.414. The van der Waals surface area contributed by atoms with Crippen molar-refractivity contribution in [3.05, 3.63) is 70.3 Å². The quantitative estimate of drug-likeness (QED) is 0.728. The van der Waals surface area contributed by atoms with Gasteiger partial charge in [-0.05, 0) is 36.4 Å². The molecule has 1 heterocycles. The van der Waals surface area contributed by atoms with Crippen molar-refractivity contribution in [1.29, 1.82) is 0 Å². The summed E-state index contributed by atoms with van der Waals surface area (Å²) in [6.45, 7) is 0. The number of H-pyrrole nitrogens is 1. The van der Waals surface area contributed by atoms with Crippen LogP contribution in [-0.2, 0) is 0 Å². The Morgan fingerprint density at radius 3 is 2.64 bits per heavy atom. The standard InChI is InChI=1S/C17H14N2O3/c1-22-12-8-6-11(7-9-12)15(20)10-16-18-14-5-3-2-4-13(14)17(21)19-16/h2-10,20H,1H3,(H,18,19,21). The van der Waals surface area contributed by atoms with Gasteiger partial charge in [-0.1, -0.05) is 12.1 Å². The first-order valence-electron chi connectivity index (χ1n) is 6.71. The predicted octanol–water partition coefficient (Wildman–Crippen LogP) is 2.99. The van der Waals surface area contributed by atoms with Gasteiger partial charge in [-0.25, -0.2) is 4.98 Å². The van der Waals surface area contributed by atoms with E-state index in [1.165, 1.54) is 6.08 Å². The molecule has 0 spiro atoms. The van der Waals surface area contributed by atoms with Crippen LogP contribution in [-0.4, -0.2) is 22.2 Å². The lowest BCUT2D eigenvalue weighted by Gasteiger charge is -2.03. The maximum absolute atomic E-state index is 12.0. The number of aromatic nitrogens is 2. The Morgan fingerprint density at radius 1 is 1.18 bits per heavy atom. The molecule has 0 aliphatic rings. The fraction of sp³-hybridized carbons (Fsp3) is 0.0588. The van der Waals surface area contributed by atoms with Crippen LogP contribution in [0.15, 0.2) is 53.3 Å². The van der Waals surface area contributed by atoms with E-state index in [4.69, 9.17) is 4.74 Å². The van der Waals surface area contributed by atoms with Crippen LogP contribution in [0.1, 0.15) is 11.4 Å². The van der Waals surface area contributed by atoms with Crippen molar-refractivity contribution in [3.63, 3.8) is 0 Å². The molecule has 0 saturated heterocycles. The third-order valence-corrected chi connectivity index (χ3v) is 3.29. The average molecular weight is 294 g/mol. The number of methoxy groups -OCH3 is 1. The van der Waals surface area contributed by atoms with E-state index >= 15 is 0 Å². The van der Waals surface area contributed by atoms with E-state index in [1.807, 2.05) is 6.07 Å². The molecule has 2 aromatic carbocycles. The topological polar surface area (TPSA) is 75.2 Å². The van der Waals surface area contributed by atoms with Gasteiger partial charge in [0.1, 0.15) is 17.3 Å². The van der Waals surface area contributed by atoms with Crippen LogP contribution in [0, 0.1) is 0 Å². The molecule has 0 amide bonds. The summed E-state index contributed by atoms with van der Waals surface area (Å²) < 4.78 is 5.07. The average Bonchev–Trinajstić information content (AvgIpc) is 2.55. The second-order valence-electron chi connectivity index (χ2n) is 4.73. The molecule has 0 atom stereocenters. The minimum Gasteiger partial charge on any atom is -0.507 e. The van der Waals surface area contributed by atoms with Gasteiger partial charge in [-0.2, -0.15) is 0 Å². The molecule has 22 heavy (non-hydrogen) atoms. The fourth-order valence-corrected chi connectivity index (χ4v) is 2.15. The molecule has 0 fully saturated rings. The normalized spacial score (nSPS) is 11.6. The highest BCUT2D eigenvalue weighted by Crippen LogP contribution is 2.18. The fourth-order valence-electron chi connectivity index (χ4n) is 2.15. The summed E-state index contributed by atoms with van der Waals surface area (Å²) >= 11 is 0. The summed E-state index contributed by atoms with van der Waals surface area (Å²) in [7, 11) is 1.58. The highest BCUT2D eigenvalue weighted by Gasteiger charge is 2.04.